The van der Waals surface area contributed by atoms with Gasteiger partial charge >= 0.3 is 0 Å². The van der Waals surface area contributed by atoms with Crippen molar-refractivity contribution >= 4 is 5.91 Å². The molecule has 0 aromatic carbocycles. The first-order valence-corrected chi connectivity index (χ1v) is 28.1. The van der Waals surface area contributed by atoms with Crippen LogP contribution in [0, 0.1) is 0 Å². The summed E-state index contributed by atoms with van der Waals surface area (Å²) in [6.45, 7) is 3.35. The molecule has 9 unspecified atom stereocenters. The van der Waals surface area contributed by atoms with Gasteiger partial charge in [-0.3, -0.25) is 4.79 Å². The van der Waals surface area contributed by atoms with Gasteiger partial charge in [0.1, 0.15) is 36.6 Å². The van der Waals surface area contributed by atoms with Crippen molar-refractivity contribution in [3.63, 3.8) is 0 Å². The average Bonchev–Trinajstić information content (AvgIpc) is 3.32. The van der Waals surface area contributed by atoms with E-state index in [1.54, 1.807) is 0 Å². The molecule has 0 aliphatic carbocycles. The molecular weight excluding hydrogens is 835 g/mol. The number of carbonyl (C=O) groups excluding carboxylic acids is 1. The Balaban J connectivity index is 2.06. The molecule has 66 heavy (non-hydrogen) atoms. The molecule has 0 aromatic heterocycles. The van der Waals surface area contributed by atoms with Gasteiger partial charge in [-0.15, -0.1) is 0 Å². The summed E-state index contributed by atoms with van der Waals surface area (Å²) < 4.78 is 11.0. The van der Waals surface area contributed by atoms with Crippen LogP contribution in [0.15, 0.2) is 12.2 Å². The second-order valence-corrected chi connectivity index (χ2v) is 20.0. The van der Waals surface area contributed by atoms with E-state index in [-0.39, 0.29) is 6.42 Å². The smallest absolute Gasteiger partial charge is 0.249 e. The van der Waals surface area contributed by atoms with Crippen LogP contribution < -0.4 is 5.32 Å². The Bertz CT molecular complexity index is 1080. The van der Waals surface area contributed by atoms with Gasteiger partial charge in [0.15, 0.2) is 6.29 Å². The number of ether oxygens (including phenoxy) is 2. The summed E-state index contributed by atoms with van der Waals surface area (Å²) in [6.07, 6.45) is 40.9. The Morgan fingerprint density at radius 3 is 1.27 bits per heavy atom. The molecule has 8 N–H and O–H groups in total. The van der Waals surface area contributed by atoms with Crippen molar-refractivity contribution in [3.8, 4) is 0 Å². The standard InChI is InChI=1S/C55H107NO10/c1-3-5-7-9-10-11-12-13-14-15-16-17-18-19-20-21-22-23-24-25-26-27-28-29-30-31-32-33-34-35-36-37-39-41-43-48(59)54(64)56-46(50(60)47(58)42-40-38-8-6-4-2)45-65-55-53(63)52(62)51(61)49(44-57)66-55/h21-22,46-53,55,57-63H,3-20,23-45H2,1-2H3,(H,56,64)/b22-21-. The highest BCUT2D eigenvalue weighted by Gasteiger charge is 2.44. The van der Waals surface area contributed by atoms with Gasteiger partial charge in [-0.1, -0.05) is 238 Å². The lowest BCUT2D eigenvalue weighted by molar-refractivity contribution is -0.303. The zero-order valence-electron chi connectivity index (χ0n) is 42.7. The van der Waals surface area contributed by atoms with E-state index in [0.717, 1.165) is 44.9 Å². The molecule has 0 aromatic rings. The Kier molecular flexibility index (Phi) is 42.9. The van der Waals surface area contributed by atoms with Gasteiger partial charge in [0.25, 0.3) is 0 Å². The molecule has 1 heterocycles. The van der Waals surface area contributed by atoms with Gasteiger partial charge in [0, 0.05) is 0 Å². The van der Waals surface area contributed by atoms with Crippen molar-refractivity contribution in [3.05, 3.63) is 12.2 Å². The van der Waals surface area contributed by atoms with E-state index < -0.39 is 74.2 Å². The first kappa shape index (κ1) is 62.9. The largest absolute Gasteiger partial charge is 0.394 e. The Labute approximate surface area is 404 Å². The van der Waals surface area contributed by atoms with Gasteiger partial charge in [-0.05, 0) is 38.5 Å². The van der Waals surface area contributed by atoms with E-state index in [0.29, 0.717) is 19.3 Å². The summed E-state index contributed by atoms with van der Waals surface area (Å²) in [4.78, 5) is 13.0. The van der Waals surface area contributed by atoms with E-state index in [9.17, 15) is 40.5 Å². The van der Waals surface area contributed by atoms with Crippen molar-refractivity contribution in [2.75, 3.05) is 13.2 Å². The normalized spacial score (nSPS) is 20.8. The molecule has 11 heteroatoms. The zero-order valence-corrected chi connectivity index (χ0v) is 42.7. The van der Waals surface area contributed by atoms with Gasteiger partial charge in [-0.25, -0.2) is 0 Å². The first-order valence-electron chi connectivity index (χ1n) is 28.1. The summed E-state index contributed by atoms with van der Waals surface area (Å²) in [5.41, 5.74) is 0. The minimum absolute atomic E-state index is 0.263. The van der Waals surface area contributed by atoms with Crippen molar-refractivity contribution in [1.82, 2.24) is 5.32 Å². The molecule has 9 atom stereocenters. The number of carbonyl (C=O) groups is 1. The molecule has 0 saturated carbocycles. The van der Waals surface area contributed by atoms with Crippen molar-refractivity contribution < 1.29 is 50.0 Å². The SMILES string of the molecule is CCCCCCCCCCCCCCCC/C=C\CCCCCCCCCCCCCCCCCCC(O)C(=O)NC(COC1OC(CO)C(O)C(O)C1O)C(O)C(O)CCCCCCC. The highest BCUT2D eigenvalue weighted by molar-refractivity contribution is 5.80. The van der Waals surface area contributed by atoms with Crippen LogP contribution in [0.3, 0.4) is 0 Å². The Morgan fingerprint density at radius 1 is 0.515 bits per heavy atom. The number of hydrogen-bond donors (Lipinski definition) is 8. The molecule has 392 valence electrons. The van der Waals surface area contributed by atoms with Crippen LogP contribution in [0.2, 0.25) is 0 Å². The molecule has 1 rings (SSSR count). The molecule has 0 bridgehead atoms. The van der Waals surface area contributed by atoms with Crippen molar-refractivity contribution in [1.29, 1.82) is 0 Å². The number of unbranched alkanes of at least 4 members (excludes halogenated alkanes) is 34. The number of rotatable bonds is 48. The Morgan fingerprint density at radius 2 is 0.879 bits per heavy atom. The second kappa shape index (κ2) is 45.0. The van der Waals surface area contributed by atoms with Gasteiger partial charge in [-0.2, -0.15) is 0 Å². The van der Waals surface area contributed by atoms with E-state index in [4.69, 9.17) is 9.47 Å². The van der Waals surface area contributed by atoms with Crippen LogP contribution in [0.25, 0.3) is 0 Å². The minimum Gasteiger partial charge on any atom is -0.394 e. The van der Waals surface area contributed by atoms with E-state index >= 15 is 0 Å². The maximum Gasteiger partial charge on any atom is 0.249 e. The van der Waals surface area contributed by atoms with Crippen molar-refractivity contribution in [2.45, 2.75) is 319 Å². The number of amides is 1. The summed E-state index contributed by atoms with van der Waals surface area (Å²) >= 11 is 0. The quantitative estimate of drug-likeness (QED) is 0.0215. The molecule has 0 radical (unpaired) electrons. The summed E-state index contributed by atoms with van der Waals surface area (Å²) in [5, 5.41) is 75.2. The fourth-order valence-corrected chi connectivity index (χ4v) is 9.20. The summed E-state index contributed by atoms with van der Waals surface area (Å²) in [5.74, 6) is -0.699. The third-order valence-corrected chi connectivity index (χ3v) is 13.8. The number of aliphatic hydroxyl groups excluding tert-OH is 7. The van der Waals surface area contributed by atoms with Crippen LogP contribution in [0.1, 0.15) is 264 Å². The molecular formula is C55H107NO10. The molecule has 11 nitrogen and oxygen atoms in total. The Hall–Kier alpha value is -1.15. The van der Waals surface area contributed by atoms with Crippen LogP contribution >= 0.6 is 0 Å². The van der Waals surface area contributed by atoms with Crippen LogP contribution in [-0.4, -0.2) is 110 Å². The summed E-state index contributed by atoms with van der Waals surface area (Å²) in [6, 6.07) is -1.16. The first-order chi connectivity index (χ1) is 32.2. The molecule has 0 spiro atoms. The zero-order chi connectivity index (χ0) is 48.3. The van der Waals surface area contributed by atoms with E-state index in [2.05, 4.69) is 31.3 Å². The second-order valence-electron chi connectivity index (χ2n) is 20.0. The highest BCUT2D eigenvalue weighted by atomic mass is 16.7. The number of hydrogen-bond acceptors (Lipinski definition) is 10. The topological polar surface area (TPSA) is 189 Å². The number of aliphatic hydroxyl groups is 7. The van der Waals surface area contributed by atoms with E-state index in [1.165, 1.54) is 180 Å². The lowest BCUT2D eigenvalue weighted by Gasteiger charge is -2.40. The number of nitrogens with one attached hydrogen (secondary N) is 1. The van der Waals surface area contributed by atoms with Crippen LogP contribution in [-0.2, 0) is 14.3 Å². The lowest BCUT2D eigenvalue weighted by Crippen LogP contribution is -2.60. The fourth-order valence-electron chi connectivity index (χ4n) is 9.20. The van der Waals surface area contributed by atoms with Gasteiger partial charge in [0.05, 0.1) is 25.4 Å². The predicted octanol–water partition coefficient (Wildman–Crippen LogP) is 11.2. The minimum atomic E-state index is -1.66. The van der Waals surface area contributed by atoms with Gasteiger partial charge in [0.2, 0.25) is 5.91 Å². The predicted molar refractivity (Wildman–Crippen MR) is 270 cm³/mol. The highest BCUT2D eigenvalue weighted by Crippen LogP contribution is 2.23. The average molecular weight is 942 g/mol. The molecule has 1 aliphatic rings. The molecule has 1 aliphatic heterocycles. The molecule has 1 fully saturated rings. The number of allylic oxidation sites excluding steroid dienone is 2. The van der Waals surface area contributed by atoms with Gasteiger partial charge < -0.3 is 50.5 Å². The van der Waals surface area contributed by atoms with Crippen molar-refractivity contribution in [2.24, 2.45) is 0 Å². The van der Waals surface area contributed by atoms with E-state index in [1.807, 2.05) is 0 Å². The monoisotopic (exact) mass is 942 g/mol. The maximum absolute atomic E-state index is 13.0. The maximum atomic E-state index is 13.0. The fraction of sp³-hybridized carbons (Fsp3) is 0.945. The van der Waals surface area contributed by atoms with Crippen LogP contribution in [0.4, 0.5) is 0 Å². The molecule has 1 saturated heterocycles. The summed E-state index contributed by atoms with van der Waals surface area (Å²) in [7, 11) is 0. The lowest BCUT2D eigenvalue weighted by atomic mass is 9.98. The molecule has 1 amide bonds. The third kappa shape index (κ3) is 33.4. The van der Waals surface area contributed by atoms with Crippen LogP contribution in [0.5, 0.6) is 0 Å². The third-order valence-electron chi connectivity index (χ3n) is 13.8.